The molecule has 2 rings (SSSR count). The number of carbonyl (C=O) groups excluding carboxylic acids is 1. The molecule has 0 atom stereocenters. The SMILES string of the molecule is NC(=O)c1ccc(NCC2(C(=O)O)CC2)cc1Cl. The summed E-state index contributed by atoms with van der Waals surface area (Å²) in [5.74, 6) is -1.37. The summed E-state index contributed by atoms with van der Waals surface area (Å²) < 4.78 is 0. The van der Waals surface area contributed by atoms with Crippen molar-refractivity contribution in [2.75, 3.05) is 11.9 Å². The number of primary amides is 1. The van der Waals surface area contributed by atoms with Gasteiger partial charge in [0, 0.05) is 12.2 Å². The summed E-state index contributed by atoms with van der Waals surface area (Å²) in [4.78, 5) is 22.0. The van der Waals surface area contributed by atoms with E-state index in [9.17, 15) is 9.59 Å². The zero-order chi connectivity index (χ0) is 13.3. The van der Waals surface area contributed by atoms with Gasteiger partial charge in [0.15, 0.2) is 0 Å². The van der Waals surface area contributed by atoms with E-state index >= 15 is 0 Å². The summed E-state index contributed by atoms with van der Waals surface area (Å²) in [5, 5.41) is 12.3. The first kappa shape index (κ1) is 12.7. The Kier molecular flexibility index (Phi) is 3.17. The molecule has 1 amide bonds. The molecule has 6 heteroatoms. The average Bonchev–Trinajstić information content (AvgIpc) is 3.07. The molecule has 0 spiro atoms. The molecule has 0 bridgehead atoms. The smallest absolute Gasteiger partial charge is 0.311 e. The molecule has 1 fully saturated rings. The van der Waals surface area contributed by atoms with E-state index in [4.69, 9.17) is 22.4 Å². The Morgan fingerprint density at radius 3 is 2.56 bits per heavy atom. The van der Waals surface area contributed by atoms with Crippen molar-refractivity contribution in [3.8, 4) is 0 Å². The minimum absolute atomic E-state index is 0.251. The fraction of sp³-hybridized carbons (Fsp3) is 0.333. The van der Waals surface area contributed by atoms with Crippen LogP contribution in [0.3, 0.4) is 0 Å². The molecule has 1 saturated carbocycles. The van der Waals surface area contributed by atoms with Crippen LogP contribution in [0.1, 0.15) is 23.2 Å². The van der Waals surface area contributed by atoms with Gasteiger partial charge in [0.2, 0.25) is 5.91 Å². The van der Waals surface area contributed by atoms with Crippen molar-refractivity contribution in [1.29, 1.82) is 0 Å². The maximum absolute atomic E-state index is 11.0. The topological polar surface area (TPSA) is 92.4 Å². The first-order valence-corrected chi connectivity index (χ1v) is 5.89. The fourth-order valence-corrected chi connectivity index (χ4v) is 1.99. The van der Waals surface area contributed by atoms with E-state index in [-0.39, 0.29) is 10.6 Å². The number of anilines is 1. The molecule has 5 nitrogen and oxygen atoms in total. The third kappa shape index (κ3) is 2.41. The van der Waals surface area contributed by atoms with E-state index in [2.05, 4.69) is 5.32 Å². The van der Waals surface area contributed by atoms with Gasteiger partial charge >= 0.3 is 5.97 Å². The van der Waals surface area contributed by atoms with E-state index in [0.29, 0.717) is 25.1 Å². The molecular formula is C12H13ClN2O3. The fourth-order valence-electron chi connectivity index (χ4n) is 1.71. The second kappa shape index (κ2) is 4.49. The number of amides is 1. The summed E-state index contributed by atoms with van der Waals surface area (Å²) in [6, 6.07) is 4.75. The normalized spacial score (nSPS) is 16.1. The highest BCUT2D eigenvalue weighted by molar-refractivity contribution is 6.34. The number of benzene rings is 1. The van der Waals surface area contributed by atoms with Crippen LogP contribution in [0.15, 0.2) is 18.2 Å². The van der Waals surface area contributed by atoms with Gasteiger partial charge in [-0.25, -0.2) is 0 Å². The van der Waals surface area contributed by atoms with Gasteiger partial charge in [-0.1, -0.05) is 11.6 Å². The number of aliphatic carboxylic acids is 1. The Bertz CT molecular complexity index is 512. The van der Waals surface area contributed by atoms with Crippen molar-refractivity contribution in [2.24, 2.45) is 11.1 Å². The first-order chi connectivity index (χ1) is 8.44. The maximum Gasteiger partial charge on any atom is 0.311 e. The predicted molar refractivity (Wildman–Crippen MR) is 67.8 cm³/mol. The van der Waals surface area contributed by atoms with Crippen LogP contribution < -0.4 is 11.1 Å². The van der Waals surface area contributed by atoms with Crippen molar-refractivity contribution < 1.29 is 14.7 Å². The summed E-state index contributed by atoms with van der Waals surface area (Å²) in [5.41, 5.74) is 5.42. The van der Waals surface area contributed by atoms with Crippen LogP contribution in [0.5, 0.6) is 0 Å². The largest absolute Gasteiger partial charge is 0.481 e. The zero-order valence-electron chi connectivity index (χ0n) is 9.57. The number of hydrogen-bond donors (Lipinski definition) is 3. The molecular weight excluding hydrogens is 256 g/mol. The van der Waals surface area contributed by atoms with E-state index in [0.717, 1.165) is 0 Å². The van der Waals surface area contributed by atoms with Crippen molar-refractivity contribution in [1.82, 2.24) is 0 Å². The Balaban J connectivity index is 2.05. The molecule has 0 radical (unpaired) electrons. The van der Waals surface area contributed by atoms with Crippen LogP contribution in [0.4, 0.5) is 5.69 Å². The molecule has 1 aromatic rings. The molecule has 0 heterocycles. The number of halogens is 1. The molecule has 1 aromatic carbocycles. The summed E-state index contributed by atoms with van der Waals surface area (Å²) in [7, 11) is 0. The van der Waals surface area contributed by atoms with Crippen LogP contribution in [0, 0.1) is 5.41 Å². The molecule has 4 N–H and O–H groups in total. The van der Waals surface area contributed by atoms with Crippen LogP contribution >= 0.6 is 11.6 Å². The summed E-state index contributed by atoms with van der Waals surface area (Å²) >= 11 is 5.90. The third-order valence-corrected chi connectivity index (χ3v) is 3.49. The predicted octanol–water partition coefficient (Wildman–Crippen LogP) is 1.72. The van der Waals surface area contributed by atoms with Gasteiger partial charge in [0.05, 0.1) is 16.0 Å². The van der Waals surface area contributed by atoms with Crippen LogP contribution in [-0.4, -0.2) is 23.5 Å². The number of carboxylic acid groups (broad SMARTS) is 1. The molecule has 96 valence electrons. The molecule has 18 heavy (non-hydrogen) atoms. The molecule has 1 aliphatic carbocycles. The van der Waals surface area contributed by atoms with Crippen LogP contribution in [-0.2, 0) is 4.79 Å². The lowest BCUT2D eigenvalue weighted by molar-refractivity contribution is -0.142. The Morgan fingerprint density at radius 1 is 1.44 bits per heavy atom. The number of carbonyl (C=O) groups is 2. The van der Waals surface area contributed by atoms with E-state index in [1.807, 2.05) is 0 Å². The minimum Gasteiger partial charge on any atom is -0.481 e. The van der Waals surface area contributed by atoms with Crippen molar-refractivity contribution in [3.05, 3.63) is 28.8 Å². The maximum atomic E-state index is 11.0. The van der Waals surface area contributed by atoms with Gasteiger partial charge in [-0.15, -0.1) is 0 Å². The van der Waals surface area contributed by atoms with Crippen LogP contribution in [0.25, 0.3) is 0 Å². The lowest BCUT2D eigenvalue weighted by Crippen LogP contribution is -2.24. The second-order valence-corrected chi connectivity index (χ2v) is 4.91. The number of rotatable bonds is 5. The van der Waals surface area contributed by atoms with Gasteiger partial charge in [-0.3, -0.25) is 9.59 Å². The molecule has 0 unspecified atom stereocenters. The highest BCUT2D eigenvalue weighted by atomic mass is 35.5. The standard InChI is InChI=1S/C12H13ClN2O3/c13-9-5-7(1-2-8(9)10(14)16)15-6-12(3-4-12)11(17)18/h1-2,5,15H,3-4,6H2,(H2,14,16)(H,17,18). The summed E-state index contributed by atoms with van der Waals surface area (Å²) in [6.07, 6.45) is 1.37. The Morgan fingerprint density at radius 2 is 2.11 bits per heavy atom. The highest BCUT2D eigenvalue weighted by Gasteiger charge is 2.49. The first-order valence-electron chi connectivity index (χ1n) is 5.51. The molecule has 0 aromatic heterocycles. The lowest BCUT2D eigenvalue weighted by atomic mass is 10.1. The van der Waals surface area contributed by atoms with Crippen molar-refractivity contribution >= 4 is 29.2 Å². The van der Waals surface area contributed by atoms with E-state index in [1.54, 1.807) is 12.1 Å². The molecule has 0 aliphatic heterocycles. The molecule has 1 aliphatic rings. The van der Waals surface area contributed by atoms with Gasteiger partial charge in [0.25, 0.3) is 0 Å². The van der Waals surface area contributed by atoms with Gasteiger partial charge in [-0.05, 0) is 31.0 Å². The highest BCUT2D eigenvalue weighted by Crippen LogP contribution is 2.45. The van der Waals surface area contributed by atoms with Crippen molar-refractivity contribution in [3.63, 3.8) is 0 Å². The Labute approximate surface area is 109 Å². The molecule has 0 saturated heterocycles. The summed E-state index contributed by atoms with van der Waals surface area (Å²) in [6.45, 7) is 0.356. The lowest BCUT2D eigenvalue weighted by Gasteiger charge is -2.13. The Hall–Kier alpha value is -1.75. The van der Waals surface area contributed by atoms with E-state index < -0.39 is 17.3 Å². The second-order valence-electron chi connectivity index (χ2n) is 4.50. The van der Waals surface area contributed by atoms with Gasteiger partial charge in [-0.2, -0.15) is 0 Å². The zero-order valence-corrected chi connectivity index (χ0v) is 10.3. The monoisotopic (exact) mass is 268 g/mol. The number of nitrogens with two attached hydrogens (primary N) is 1. The van der Waals surface area contributed by atoms with Crippen LogP contribution in [0.2, 0.25) is 5.02 Å². The minimum atomic E-state index is -0.783. The number of carboxylic acids is 1. The van der Waals surface area contributed by atoms with Gasteiger partial charge in [0.1, 0.15) is 0 Å². The third-order valence-electron chi connectivity index (χ3n) is 3.17. The number of hydrogen-bond acceptors (Lipinski definition) is 3. The quantitative estimate of drug-likeness (QED) is 0.758. The van der Waals surface area contributed by atoms with Crippen molar-refractivity contribution in [2.45, 2.75) is 12.8 Å². The van der Waals surface area contributed by atoms with Gasteiger partial charge < -0.3 is 16.2 Å². The van der Waals surface area contributed by atoms with E-state index in [1.165, 1.54) is 6.07 Å². The number of nitrogens with one attached hydrogen (secondary N) is 1. The average molecular weight is 269 g/mol.